The number of nitrogens with zero attached hydrogens (tertiary/aromatic N) is 1. The smallest absolute Gasteiger partial charge is 0.220 e. The van der Waals surface area contributed by atoms with Gasteiger partial charge in [0.05, 0.1) is 0 Å². The van der Waals surface area contributed by atoms with E-state index in [0.717, 1.165) is 18.2 Å². The number of hydrogen-bond donors (Lipinski definition) is 1. The Morgan fingerprint density at radius 1 is 1.33 bits per heavy atom. The summed E-state index contributed by atoms with van der Waals surface area (Å²) in [6.07, 6.45) is 6.17. The van der Waals surface area contributed by atoms with Crippen molar-refractivity contribution in [3.63, 3.8) is 0 Å². The van der Waals surface area contributed by atoms with Gasteiger partial charge in [-0.05, 0) is 30.7 Å². The number of pyridine rings is 1. The fourth-order valence-electron chi connectivity index (χ4n) is 2.72. The molecule has 1 aliphatic heterocycles. The summed E-state index contributed by atoms with van der Waals surface area (Å²) in [6.45, 7) is 2.11. The van der Waals surface area contributed by atoms with E-state index in [1.165, 1.54) is 10.9 Å². The highest BCUT2D eigenvalue weighted by atomic mass is 16.2. The van der Waals surface area contributed by atoms with Crippen molar-refractivity contribution in [3.8, 4) is 0 Å². The van der Waals surface area contributed by atoms with Gasteiger partial charge in [-0.1, -0.05) is 24.3 Å². The lowest BCUT2D eigenvalue weighted by Gasteiger charge is -2.24. The topological polar surface area (TPSA) is 42.0 Å². The van der Waals surface area contributed by atoms with Crippen LogP contribution in [0, 0.1) is 0 Å². The molecule has 1 saturated heterocycles. The van der Waals surface area contributed by atoms with Crippen LogP contribution >= 0.6 is 0 Å². The Morgan fingerprint density at radius 2 is 2.17 bits per heavy atom. The molecule has 1 atom stereocenters. The van der Waals surface area contributed by atoms with Gasteiger partial charge in [0.1, 0.15) is 0 Å². The molecule has 2 aromatic rings. The Labute approximate surface area is 106 Å². The number of amides is 1. The van der Waals surface area contributed by atoms with Crippen molar-refractivity contribution in [1.29, 1.82) is 0 Å². The average molecular weight is 240 g/mol. The molecular weight excluding hydrogens is 224 g/mol. The minimum atomic E-state index is -0.122. The van der Waals surface area contributed by atoms with Gasteiger partial charge in [-0.2, -0.15) is 0 Å². The highest BCUT2D eigenvalue weighted by Gasteiger charge is 2.33. The molecule has 1 amide bonds. The van der Waals surface area contributed by atoms with Crippen molar-refractivity contribution in [2.75, 3.05) is 0 Å². The molecule has 1 fully saturated rings. The molecule has 18 heavy (non-hydrogen) atoms. The molecule has 0 aliphatic carbocycles. The van der Waals surface area contributed by atoms with Gasteiger partial charge in [0, 0.05) is 29.7 Å². The van der Waals surface area contributed by atoms with Crippen LogP contribution in [0.5, 0.6) is 0 Å². The maximum absolute atomic E-state index is 11.4. The van der Waals surface area contributed by atoms with E-state index < -0.39 is 0 Å². The molecule has 1 unspecified atom stereocenters. The minimum absolute atomic E-state index is 0.122. The third-order valence-electron chi connectivity index (χ3n) is 3.68. The fourth-order valence-corrected chi connectivity index (χ4v) is 2.72. The second-order valence-electron chi connectivity index (χ2n) is 5.31. The summed E-state index contributed by atoms with van der Waals surface area (Å²) in [6, 6.07) is 8.25. The van der Waals surface area contributed by atoms with Gasteiger partial charge in [-0.15, -0.1) is 0 Å². The standard InChI is InChI=1S/C15H16N2O/c1-15(7-6-14(18)17-15)8-12-10-16-9-11-4-2-3-5-13(11)12/h2-5,9-10H,6-8H2,1H3,(H,17,18). The molecule has 92 valence electrons. The molecular formula is C15H16N2O. The number of hydrogen-bond acceptors (Lipinski definition) is 2. The van der Waals surface area contributed by atoms with Gasteiger partial charge in [-0.25, -0.2) is 0 Å². The van der Waals surface area contributed by atoms with Crippen LogP contribution in [0.15, 0.2) is 36.7 Å². The van der Waals surface area contributed by atoms with Crippen molar-refractivity contribution in [3.05, 3.63) is 42.2 Å². The second kappa shape index (κ2) is 4.09. The summed E-state index contributed by atoms with van der Waals surface area (Å²) in [5.41, 5.74) is 1.08. The predicted octanol–water partition coefficient (Wildman–Crippen LogP) is 2.45. The normalized spacial score (nSPS) is 23.3. The lowest BCUT2D eigenvalue weighted by molar-refractivity contribution is -0.119. The molecule has 0 bridgehead atoms. The molecule has 2 heterocycles. The van der Waals surface area contributed by atoms with Gasteiger partial charge < -0.3 is 5.32 Å². The van der Waals surface area contributed by atoms with E-state index in [2.05, 4.69) is 29.4 Å². The molecule has 3 rings (SSSR count). The Kier molecular flexibility index (Phi) is 2.54. The number of carbonyl (C=O) groups is 1. The average Bonchev–Trinajstić information content (AvgIpc) is 2.70. The van der Waals surface area contributed by atoms with Gasteiger partial charge in [0.25, 0.3) is 0 Å². The quantitative estimate of drug-likeness (QED) is 0.876. The number of benzene rings is 1. The van der Waals surface area contributed by atoms with Crippen LogP contribution in [0.3, 0.4) is 0 Å². The lowest BCUT2D eigenvalue weighted by Crippen LogP contribution is -2.40. The van der Waals surface area contributed by atoms with Crippen LogP contribution in [0.2, 0.25) is 0 Å². The van der Waals surface area contributed by atoms with Crippen LogP contribution in [0.25, 0.3) is 10.8 Å². The van der Waals surface area contributed by atoms with E-state index in [0.29, 0.717) is 6.42 Å². The number of aromatic nitrogens is 1. The Hall–Kier alpha value is -1.90. The number of fused-ring (bicyclic) bond motifs is 1. The largest absolute Gasteiger partial charge is 0.351 e. The third kappa shape index (κ3) is 1.96. The van der Waals surface area contributed by atoms with E-state index in [1.54, 1.807) is 0 Å². The molecule has 0 saturated carbocycles. The molecule has 3 nitrogen and oxygen atoms in total. The van der Waals surface area contributed by atoms with Crippen molar-refractivity contribution in [2.45, 2.75) is 31.7 Å². The number of nitrogens with one attached hydrogen (secondary N) is 1. The molecule has 1 aromatic heterocycles. The zero-order valence-corrected chi connectivity index (χ0v) is 10.4. The maximum Gasteiger partial charge on any atom is 0.220 e. The summed E-state index contributed by atoms with van der Waals surface area (Å²) < 4.78 is 0. The van der Waals surface area contributed by atoms with Gasteiger partial charge in [0.15, 0.2) is 0 Å². The van der Waals surface area contributed by atoms with E-state index in [1.807, 2.05) is 24.5 Å². The minimum Gasteiger partial charge on any atom is -0.351 e. The summed E-state index contributed by atoms with van der Waals surface area (Å²) in [7, 11) is 0. The van der Waals surface area contributed by atoms with Gasteiger partial charge >= 0.3 is 0 Å². The van der Waals surface area contributed by atoms with E-state index in [9.17, 15) is 4.79 Å². The first-order chi connectivity index (χ1) is 8.66. The monoisotopic (exact) mass is 240 g/mol. The third-order valence-corrected chi connectivity index (χ3v) is 3.68. The SMILES string of the molecule is CC1(Cc2cncc3ccccc23)CCC(=O)N1. The molecule has 1 aromatic carbocycles. The number of carbonyl (C=O) groups excluding carboxylic acids is 1. The molecule has 1 N–H and O–H groups in total. The Balaban J connectivity index is 1.98. The second-order valence-corrected chi connectivity index (χ2v) is 5.31. The Bertz CT molecular complexity index is 603. The van der Waals surface area contributed by atoms with Crippen LogP contribution < -0.4 is 5.32 Å². The summed E-state index contributed by atoms with van der Waals surface area (Å²) in [4.78, 5) is 15.7. The molecule has 0 spiro atoms. The zero-order chi connectivity index (χ0) is 12.6. The first kappa shape index (κ1) is 11.2. The highest BCUT2D eigenvalue weighted by Crippen LogP contribution is 2.27. The van der Waals surface area contributed by atoms with Crippen molar-refractivity contribution < 1.29 is 4.79 Å². The van der Waals surface area contributed by atoms with E-state index in [4.69, 9.17) is 0 Å². The molecule has 3 heteroatoms. The van der Waals surface area contributed by atoms with E-state index >= 15 is 0 Å². The van der Waals surface area contributed by atoms with Crippen LogP contribution in [0.4, 0.5) is 0 Å². The first-order valence-electron chi connectivity index (χ1n) is 6.29. The molecule has 1 aliphatic rings. The van der Waals surface area contributed by atoms with Crippen LogP contribution in [-0.4, -0.2) is 16.4 Å². The summed E-state index contributed by atoms with van der Waals surface area (Å²) in [5, 5.41) is 5.46. The van der Waals surface area contributed by atoms with Crippen LogP contribution in [0.1, 0.15) is 25.3 Å². The van der Waals surface area contributed by atoms with Crippen molar-refractivity contribution in [2.24, 2.45) is 0 Å². The Morgan fingerprint density at radius 3 is 2.94 bits per heavy atom. The first-order valence-corrected chi connectivity index (χ1v) is 6.29. The molecule has 0 radical (unpaired) electrons. The van der Waals surface area contributed by atoms with Crippen LogP contribution in [-0.2, 0) is 11.2 Å². The van der Waals surface area contributed by atoms with Gasteiger partial charge in [0.2, 0.25) is 5.91 Å². The lowest BCUT2D eigenvalue weighted by atomic mass is 9.90. The fraction of sp³-hybridized carbons (Fsp3) is 0.333. The maximum atomic E-state index is 11.4. The van der Waals surface area contributed by atoms with Gasteiger partial charge in [-0.3, -0.25) is 9.78 Å². The summed E-state index contributed by atoms with van der Waals surface area (Å²) >= 11 is 0. The highest BCUT2D eigenvalue weighted by molar-refractivity contribution is 5.85. The summed E-state index contributed by atoms with van der Waals surface area (Å²) in [5.74, 6) is 0.158. The number of rotatable bonds is 2. The van der Waals surface area contributed by atoms with E-state index in [-0.39, 0.29) is 11.4 Å². The van der Waals surface area contributed by atoms with Crippen molar-refractivity contribution >= 4 is 16.7 Å². The zero-order valence-electron chi connectivity index (χ0n) is 10.4. The predicted molar refractivity (Wildman–Crippen MR) is 71.2 cm³/mol. The van der Waals surface area contributed by atoms with Crippen molar-refractivity contribution in [1.82, 2.24) is 10.3 Å².